The zero-order valence-corrected chi connectivity index (χ0v) is 10.3. The van der Waals surface area contributed by atoms with Crippen molar-refractivity contribution in [3.05, 3.63) is 47.2 Å². The molecule has 0 fully saturated rings. The molecule has 0 atom stereocenters. The number of aliphatic hydroxyl groups is 1. The van der Waals surface area contributed by atoms with Crippen molar-refractivity contribution in [2.24, 2.45) is 0 Å². The van der Waals surface area contributed by atoms with Gasteiger partial charge in [-0.1, -0.05) is 6.07 Å². The maximum atomic E-state index is 13.0. The number of aliphatic carboxylic acids is 1. The second-order valence-electron chi connectivity index (χ2n) is 3.64. The van der Waals surface area contributed by atoms with Gasteiger partial charge in [0.15, 0.2) is 11.6 Å². The Bertz CT molecular complexity index is 559. The van der Waals surface area contributed by atoms with Crippen LogP contribution in [0.2, 0.25) is 0 Å². The van der Waals surface area contributed by atoms with E-state index in [1.54, 1.807) is 0 Å². The second kappa shape index (κ2) is 6.62. The molecule has 0 aliphatic heterocycles. The second-order valence-corrected chi connectivity index (χ2v) is 3.64. The first-order chi connectivity index (χ1) is 9.35. The Morgan fingerprint density at radius 1 is 1.30 bits per heavy atom. The standard InChI is InChI=1S/C12H11F2NO5/c1-20-15(11(17)5-10(16)12(18)19)6-7-2-3-8(13)9(14)4-7/h2-5,16H,6H2,1H3,(H,18,19)/b10-5-. The molecule has 0 saturated carbocycles. The molecule has 0 radical (unpaired) electrons. The lowest BCUT2D eigenvalue weighted by atomic mass is 10.2. The van der Waals surface area contributed by atoms with Crippen molar-refractivity contribution >= 4 is 11.9 Å². The highest BCUT2D eigenvalue weighted by molar-refractivity contribution is 5.95. The first-order valence-electron chi connectivity index (χ1n) is 5.28. The van der Waals surface area contributed by atoms with Crippen molar-refractivity contribution < 1.29 is 33.4 Å². The van der Waals surface area contributed by atoms with Gasteiger partial charge in [0.2, 0.25) is 5.76 Å². The normalized spacial score (nSPS) is 11.2. The zero-order valence-electron chi connectivity index (χ0n) is 10.3. The van der Waals surface area contributed by atoms with E-state index in [1.165, 1.54) is 6.07 Å². The number of carboxylic acids is 1. The molecule has 0 saturated heterocycles. The SMILES string of the molecule is CON(Cc1ccc(F)c(F)c1)C(=O)/C=C(\O)C(=O)O. The van der Waals surface area contributed by atoms with E-state index in [1.807, 2.05) is 0 Å². The van der Waals surface area contributed by atoms with Gasteiger partial charge in [-0.25, -0.2) is 18.6 Å². The van der Waals surface area contributed by atoms with E-state index in [9.17, 15) is 18.4 Å². The van der Waals surface area contributed by atoms with Crippen LogP contribution in [0.3, 0.4) is 0 Å². The maximum absolute atomic E-state index is 13.0. The summed E-state index contributed by atoms with van der Waals surface area (Å²) in [7, 11) is 1.13. The van der Waals surface area contributed by atoms with Gasteiger partial charge in [0, 0.05) is 0 Å². The van der Waals surface area contributed by atoms with Crippen LogP contribution >= 0.6 is 0 Å². The van der Waals surface area contributed by atoms with Crippen LogP contribution in [-0.2, 0) is 21.0 Å². The molecule has 0 aliphatic rings. The predicted octanol–water partition coefficient (Wildman–Crippen LogP) is 1.38. The number of hydrogen-bond donors (Lipinski definition) is 2. The summed E-state index contributed by atoms with van der Waals surface area (Å²) in [6.45, 7) is -0.254. The number of aliphatic hydroxyl groups excluding tert-OH is 1. The molecule has 1 rings (SSSR count). The number of rotatable bonds is 5. The van der Waals surface area contributed by atoms with E-state index in [4.69, 9.17) is 10.2 Å². The number of benzene rings is 1. The lowest BCUT2D eigenvalue weighted by Gasteiger charge is -2.18. The molecule has 1 aromatic carbocycles. The molecule has 0 spiro atoms. The van der Waals surface area contributed by atoms with E-state index < -0.39 is 29.3 Å². The summed E-state index contributed by atoms with van der Waals surface area (Å²) in [5, 5.41) is 18.0. The molecule has 0 aliphatic carbocycles. The summed E-state index contributed by atoms with van der Waals surface area (Å²) >= 11 is 0. The largest absolute Gasteiger partial charge is 0.502 e. The molecule has 0 bridgehead atoms. The fourth-order valence-corrected chi connectivity index (χ4v) is 1.29. The van der Waals surface area contributed by atoms with Crippen LogP contribution in [0, 0.1) is 11.6 Å². The van der Waals surface area contributed by atoms with E-state index in [2.05, 4.69) is 4.84 Å². The Hall–Kier alpha value is -2.48. The smallest absolute Gasteiger partial charge is 0.371 e. The quantitative estimate of drug-likeness (QED) is 0.485. The van der Waals surface area contributed by atoms with E-state index in [-0.39, 0.29) is 12.1 Å². The summed E-state index contributed by atoms with van der Waals surface area (Å²) in [5.41, 5.74) is 0.224. The molecule has 20 heavy (non-hydrogen) atoms. The Kier molecular flexibility index (Phi) is 5.15. The van der Waals surface area contributed by atoms with Gasteiger partial charge in [0.1, 0.15) is 0 Å². The average molecular weight is 287 g/mol. The third-order valence-corrected chi connectivity index (χ3v) is 2.26. The number of halogens is 2. The topological polar surface area (TPSA) is 87.1 Å². The van der Waals surface area contributed by atoms with Crippen LogP contribution < -0.4 is 0 Å². The van der Waals surface area contributed by atoms with E-state index in [0.717, 1.165) is 19.2 Å². The Labute approximate surface area is 112 Å². The molecular formula is C12H11F2NO5. The van der Waals surface area contributed by atoms with Gasteiger partial charge in [-0.15, -0.1) is 0 Å². The highest BCUT2D eigenvalue weighted by Gasteiger charge is 2.16. The van der Waals surface area contributed by atoms with Gasteiger partial charge in [-0.05, 0) is 17.7 Å². The van der Waals surface area contributed by atoms with Gasteiger partial charge in [0.05, 0.1) is 19.7 Å². The van der Waals surface area contributed by atoms with Gasteiger partial charge in [0.25, 0.3) is 5.91 Å². The van der Waals surface area contributed by atoms with Crippen molar-refractivity contribution in [1.82, 2.24) is 5.06 Å². The van der Waals surface area contributed by atoms with Crippen LogP contribution in [0.1, 0.15) is 5.56 Å². The Morgan fingerprint density at radius 3 is 2.45 bits per heavy atom. The summed E-state index contributed by atoms with van der Waals surface area (Å²) in [5.74, 6) is -5.93. The molecule has 108 valence electrons. The molecule has 1 amide bonds. The Morgan fingerprint density at radius 2 is 1.95 bits per heavy atom. The number of hydrogen-bond acceptors (Lipinski definition) is 4. The van der Waals surface area contributed by atoms with E-state index >= 15 is 0 Å². The van der Waals surface area contributed by atoms with Gasteiger partial charge >= 0.3 is 5.97 Å². The van der Waals surface area contributed by atoms with Gasteiger partial charge in [-0.3, -0.25) is 9.63 Å². The summed E-state index contributed by atoms with van der Waals surface area (Å²) in [4.78, 5) is 26.6. The molecule has 1 aromatic rings. The van der Waals surface area contributed by atoms with Crippen LogP contribution in [0.4, 0.5) is 8.78 Å². The Balaban J connectivity index is 2.86. The highest BCUT2D eigenvalue weighted by Crippen LogP contribution is 2.11. The fourth-order valence-electron chi connectivity index (χ4n) is 1.29. The molecule has 8 heteroatoms. The third kappa shape index (κ3) is 4.02. The summed E-state index contributed by atoms with van der Waals surface area (Å²) < 4.78 is 25.7. The minimum atomic E-state index is -1.68. The summed E-state index contributed by atoms with van der Waals surface area (Å²) in [6.07, 6.45) is 0.436. The first kappa shape index (κ1) is 15.6. The highest BCUT2D eigenvalue weighted by atomic mass is 19.2. The van der Waals surface area contributed by atoms with Crippen molar-refractivity contribution in [3.8, 4) is 0 Å². The van der Waals surface area contributed by atoms with Crippen LogP contribution in [0.5, 0.6) is 0 Å². The molecule has 0 aromatic heterocycles. The minimum absolute atomic E-state index is 0.224. The van der Waals surface area contributed by atoms with Crippen LogP contribution in [-0.4, -0.2) is 34.3 Å². The summed E-state index contributed by atoms with van der Waals surface area (Å²) in [6, 6.07) is 2.99. The predicted molar refractivity (Wildman–Crippen MR) is 62.3 cm³/mol. The monoisotopic (exact) mass is 287 g/mol. The molecule has 2 N–H and O–H groups in total. The molecular weight excluding hydrogens is 276 g/mol. The third-order valence-electron chi connectivity index (χ3n) is 2.26. The zero-order chi connectivity index (χ0) is 15.3. The lowest BCUT2D eigenvalue weighted by molar-refractivity contribution is -0.173. The van der Waals surface area contributed by atoms with Gasteiger partial charge < -0.3 is 10.2 Å². The molecule has 0 unspecified atom stereocenters. The van der Waals surface area contributed by atoms with Crippen molar-refractivity contribution in [1.29, 1.82) is 0 Å². The number of hydroxylamine groups is 2. The number of amides is 1. The average Bonchev–Trinajstić information content (AvgIpc) is 2.39. The van der Waals surface area contributed by atoms with Gasteiger partial charge in [-0.2, -0.15) is 0 Å². The van der Waals surface area contributed by atoms with E-state index in [0.29, 0.717) is 11.1 Å². The lowest BCUT2D eigenvalue weighted by Crippen LogP contribution is -2.28. The van der Waals surface area contributed by atoms with Crippen LogP contribution in [0.15, 0.2) is 30.0 Å². The molecule has 6 nitrogen and oxygen atoms in total. The maximum Gasteiger partial charge on any atom is 0.371 e. The van der Waals surface area contributed by atoms with Crippen molar-refractivity contribution in [2.75, 3.05) is 7.11 Å². The minimum Gasteiger partial charge on any atom is -0.502 e. The van der Waals surface area contributed by atoms with Crippen molar-refractivity contribution in [2.45, 2.75) is 6.54 Å². The fraction of sp³-hybridized carbons (Fsp3) is 0.167. The number of carbonyl (C=O) groups excluding carboxylic acids is 1. The number of carbonyl (C=O) groups is 2. The van der Waals surface area contributed by atoms with Crippen molar-refractivity contribution in [3.63, 3.8) is 0 Å². The number of carboxylic acid groups (broad SMARTS) is 1. The first-order valence-corrected chi connectivity index (χ1v) is 5.28. The number of nitrogens with zero attached hydrogens (tertiary/aromatic N) is 1. The molecule has 0 heterocycles. The van der Waals surface area contributed by atoms with Crippen LogP contribution in [0.25, 0.3) is 0 Å².